The Hall–Kier alpha value is -3.23. The summed E-state index contributed by atoms with van der Waals surface area (Å²) in [4.78, 5) is 35.7. The first kappa shape index (κ1) is 19.1. The van der Waals surface area contributed by atoms with Crippen molar-refractivity contribution < 1.29 is 32.3 Å². The van der Waals surface area contributed by atoms with Gasteiger partial charge in [-0.25, -0.2) is 13.6 Å². The van der Waals surface area contributed by atoms with Crippen molar-refractivity contribution in [3.63, 3.8) is 0 Å². The molecule has 26 heavy (non-hydrogen) atoms. The van der Waals surface area contributed by atoms with Crippen molar-refractivity contribution in [2.24, 2.45) is 0 Å². The molecule has 7 nitrogen and oxygen atoms in total. The third-order valence-corrected chi connectivity index (χ3v) is 3.32. The number of benzene rings is 1. The Bertz CT molecular complexity index is 787. The van der Waals surface area contributed by atoms with Crippen LogP contribution in [0.25, 0.3) is 0 Å². The topological polar surface area (TPSA) is 97.6 Å². The Labute approximate surface area is 147 Å². The van der Waals surface area contributed by atoms with E-state index in [4.69, 9.17) is 9.15 Å². The molecule has 2 atom stereocenters. The molecule has 0 saturated heterocycles. The minimum Gasteiger partial charge on any atom is -0.459 e. The van der Waals surface area contributed by atoms with E-state index in [1.807, 2.05) is 5.32 Å². The SMILES string of the molecule is C[C@H](NC(=O)c1ccco1)C(=O)O[C@@H](C)C(=O)Nc1c(F)cccc1F. The maximum atomic E-state index is 13.5. The van der Waals surface area contributed by atoms with Crippen molar-refractivity contribution in [1.29, 1.82) is 0 Å². The maximum Gasteiger partial charge on any atom is 0.329 e. The molecule has 0 spiro atoms. The van der Waals surface area contributed by atoms with Crippen LogP contribution in [0.1, 0.15) is 24.4 Å². The summed E-state index contributed by atoms with van der Waals surface area (Å²) in [5.74, 6) is -4.38. The zero-order chi connectivity index (χ0) is 19.3. The van der Waals surface area contributed by atoms with E-state index in [-0.39, 0.29) is 5.76 Å². The highest BCUT2D eigenvalue weighted by Gasteiger charge is 2.25. The standard InChI is InChI=1S/C17H16F2N2O5/c1-9(20-16(23)13-7-4-8-25-13)17(24)26-10(2)15(22)21-14-11(18)5-3-6-12(14)19/h3-10H,1-2H3,(H,20,23)(H,21,22)/t9-,10-/m0/s1. The molecule has 2 amide bonds. The number of carbonyl (C=O) groups excluding carboxylic acids is 3. The predicted octanol–water partition coefficient (Wildman–Crippen LogP) is 2.25. The van der Waals surface area contributed by atoms with Crippen LogP contribution in [0.15, 0.2) is 41.0 Å². The molecule has 1 heterocycles. The molecular formula is C17H16F2N2O5. The third kappa shape index (κ3) is 4.65. The molecular weight excluding hydrogens is 350 g/mol. The minimum absolute atomic E-state index is 0.00506. The van der Waals surface area contributed by atoms with E-state index in [1.54, 1.807) is 0 Å². The van der Waals surface area contributed by atoms with Crippen LogP contribution in [-0.2, 0) is 14.3 Å². The molecule has 138 valence electrons. The molecule has 0 unspecified atom stereocenters. The Morgan fingerprint density at radius 3 is 2.31 bits per heavy atom. The van der Waals surface area contributed by atoms with Gasteiger partial charge in [-0.2, -0.15) is 0 Å². The van der Waals surface area contributed by atoms with E-state index in [0.717, 1.165) is 18.2 Å². The van der Waals surface area contributed by atoms with Gasteiger partial charge in [-0.1, -0.05) is 6.07 Å². The number of carbonyl (C=O) groups is 3. The van der Waals surface area contributed by atoms with E-state index in [9.17, 15) is 23.2 Å². The predicted molar refractivity (Wildman–Crippen MR) is 86.2 cm³/mol. The van der Waals surface area contributed by atoms with E-state index in [2.05, 4.69) is 5.32 Å². The van der Waals surface area contributed by atoms with Crippen LogP contribution >= 0.6 is 0 Å². The molecule has 0 aliphatic carbocycles. The molecule has 2 N–H and O–H groups in total. The molecule has 0 saturated carbocycles. The van der Waals surface area contributed by atoms with Gasteiger partial charge in [0.25, 0.3) is 11.8 Å². The number of amides is 2. The number of halogens is 2. The summed E-state index contributed by atoms with van der Waals surface area (Å²) < 4.78 is 36.8. The van der Waals surface area contributed by atoms with Crippen LogP contribution in [0.4, 0.5) is 14.5 Å². The second-order valence-corrected chi connectivity index (χ2v) is 5.34. The van der Waals surface area contributed by atoms with Gasteiger partial charge in [0, 0.05) is 0 Å². The number of ether oxygens (including phenoxy) is 1. The van der Waals surface area contributed by atoms with E-state index < -0.39 is 47.3 Å². The lowest BCUT2D eigenvalue weighted by Crippen LogP contribution is -2.42. The smallest absolute Gasteiger partial charge is 0.329 e. The fourth-order valence-electron chi connectivity index (χ4n) is 1.91. The summed E-state index contributed by atoms with van der Waals surface area (Å²) in [5, 5.41) is 4.35. The van der Waals surface area contributed by atoms with Gasteiger partial charge >= 0.3 is 5.97 Å². The molecule has 0 fully saturated rings. The number of para-hydroxylation sites is 1. The summed E-state index contributed by atoms with van der Waals surface area (Å²) in [6, 6.07) is 4.93. The minimum atomic E-state index is -1.34. The van der Waals surface area contributed by atoms with Crippen molar-refractivity contribution in [2.75, 3.05) is 5.32 Å². The highest BCUT2D eigenvalue weighted by molar-refractivity contribution is 5.97. The number of furan rings is 1. The van der Waals surface area contributed by atoms with Gasteiger partial charge in [0.2, 0.25) is 0 Å². The fraction of sp³-hybridized carbons (Fsp3) is 0.235. The molecule has 2 rings (SSSR count). The van der Waals surface area contributed by atoms with Crippen molar-refractivity contribution in [1.82, 2.24) is 5.32 Å². The van der Waals surface area contributed by atoms with Gasteiger partial charge in [0.15, 0.2) is 11.9 Å². The van der Waals surface area contributed by atoms with Crippen LogP contribution in [-0.4, -0.2) is 29.9 Å². The molecule has 2 aromatic rings. The number of hydrogen-bond acceptors (Lipinski definition) is 5. The van der Waals surface area contributed by atoms with Crippen LogP contribution in [0.2, 0.25) is 0 Å². The van der Waals surface area contributed by atoms with Gasteiger partial charge in [-0.3, -0.25) is 9.59 Å². The van der Waals surface area contributed by atoms with Gasteiger partial charge in [0.1, 0.15) is 23.4 Å². The van der Waals surface area contributed by atoms with Crippen molar-refractivity contribution in [3.8, 4) is 0 Å². The second-order valence-electron chi connectivity index (χ2n) is 5.34. The fourth-order valence-corrected chi connectivity index (χ4v) is 1.91. The monoisotopic (exact) mass is 366 g/mol. The van der Waals surface area contributed by atoms with Crippen molar-refractivity contribution >= 4 is 23.5 Å². The summed E-state index contributed by atoms with van der Waals surface area (Å²) in [6.07, 6.45) is -0.0453. The second kappa shape index (κ2) is 8.24. The molecule has 9 heteroatoms. The van der Waals surface area contributed by atoms with E-state index in [0.29, 0.717) is 0 Å². The normalized spacial score (nSPS) is 12.8. The molecule has 0 aliphatic heterocycles. The lowest BCUT2D eigenvalue weighted by atomic mass is 10.2. The van der Waals surface area contributed by atoms with Gasteiger partial charge < -0.3 is 19.8 Å². The highest BCUT2D eigenvalue weighted by Crippen LogP contribution is 2.18. The van der Waals surface area contributed by atoms with Gasteiger partial charge in [0.05, 0.1) is 6.26 Å². The van der Waals surface area contributed by atoms with Crippen molar-refractivity contribution in [3.05, 3.63) is 54.0 Å². The average Bonchev–Trinajstić information content (AvgIpc) is 3.12. The zero-order valence-electron chi connectivity index (χ0n) is 13.9. The largest absolute Gasteiger partial charge is 0.459 e. The number of nitrogens with one attached hydrogen (secondary N) is 2. The highest BCUT2D eigenvalue weighted by atomic mass is 19.1. The average molecular weight is 366 g/mol. The van der Waals surface area contributed by atoms with Crippen LogP contribution in [0.3, 0.4) is 0 Å². The maximum absolute atomic E-state index is 13.5. The first-order valence-electron chi connectivity index (χ1n) is 7.59. The summed E-state index contributed by atoms with van der Waals surface area (Å²) in [6.45, 7) is 2.58. The number of hydrogen-bond donors (Lipinski definition) is 2. The van der Waals surface area contributed by atoms with Crippen LogP contribution < -0.4 is 10.6 Å². The Morgan fingerprint density at radius 1 is 1.08 bits per heavy atom. The molecule has 1 aromatic heterocycles. The molecule has 1 aromatic carbocycles. The molecule has 0 aliphatic rings. The summed E-state index contributed by atoms with van der Waals surface area (Å²) >= 11 is 0. The number of rotatable bonds is 6. The van der Waals surface area contributed by atoms with E-state index >= 15 is 0 Å². The number of anilines is 1. The molecule has 0 radical (unpaired) electrons. The Kier molecular flexibility index (Phi) is 6.05. The van der Waals surface area contributed by atoms with Crippen LogP contribution in [0, 0.1) is 11.6 Å². The summed E-state index contributed by atoms with van der Waals surface area (Å²) in [5.41, 5.74) is -0.639. The Balaban J connectivity index is 1.91. The Morgan fingerprint density at radius 2 is 1.73 bits per heavy atom. The zero-order valence-corrected chi connectivity index (χ0v) is 13.9. The lowest BCUT2D eigenvalue weighted by Gasteiger charge is -2.17. The van der Waals surface area contributed by atoms with E-state index in [1.165, 1.54) is 32.2 Å². The number of esters is 1. The van der Waals surface area contributed by atoms with Gasteiger partial charge in [-0.15, -0.1) is 0 Å². The molecule has 0 bridgehead atoms. The van der Waals surface area contributed by atoms with Crippen molar-refractivity contribution in [2.45, 2.75) is 26.0 Å². The quantitative estimate of drug-likeness (QED) is 0.764. The van der Waals surface area contributed by atoms with Crippen LogP contribution in [0.5, 0.6) is 0 Å². The first-order valence-corrected chi connectivity index (χ1v) is 7.59. The summed E-state index contributed by atoms with van der Waals surface area (Å²) in [7, 11) is 0. The first-order chi connectivity index (χ1) is 12.3. The lowest BCUT2D eigenvalue weighted by molar-refractivity contribution is -0.154. The van der Waals surface area contributed by atoms with Gasteiger partial charge in [-0.05, 0) is 38.1 Å². The third-order valence-electron chi connectivity index (χ3n) is 3.32.